The highest BCUT2D eigenvalue weighted by Gasteiger charge is 2.74. The molecule has 0 saturated heterocycles. The van der Waals surface area contributed by atoms with Crippen molar-refractivity contribution in [1.82, 2.24) is 0 Å². The van der Waals surface area contributed by atoms with Gasteiger partial charge in [-0.25, -0.2) is 0 Å². The van der Waals surface area contributed by atoms with Gasteiger partial charge in [0.1, 0.15) is 0 Å². The van der Waals surface area contributed by atoms with E-state index in [2.05, 4.69) is 58.7 Å². The van der Waals surface area contributed by atoms with Crippen molar-refractivity contribution in [2.24, 2.45) is 35.5 Å². The van der Waals surface area contributed by atoms with Crippen molar-refractivity contribution in [3.05, 3.63) is 12.2 Å². The summed E-state index contributed by atoms with van der Waals surface area (Å²) in [6.07, 6.45) is 8.26. The van der Waals surface area contributed by atoms with Gasteiger partial charge in [-0.15, -0.1) is 5.21 Å². The first-order valence-corrected chi connectivity index (χ1v) is 10.1. The van der Waals surface area contributed by atoms with Crippen LogP contribution in [-0.2, 0) is 0 Å². The molecule has 4 bridgehead atoms. The van der Waals surface area contributed by atoms with Crippen LogP contribution in [0.15, 0.2) is 12.2 Å². The largest absolute Gasteiger partial charge is 0.104 e. The molecule has 0 amide bonds. The summed E-state index contributed by atoms with van der Waals surface area (Å²) >= 11 is 0. The second-order valence-corrected chi connectivity index (χ2v) is 9.72. The van der Waals surface area contributed by atoms with Crippen LogP contribution >= 0.6 is 0 Å². The summed E-state index contributed by atoms with van der Waals surface area (Å²) in [6.45, 7) is 1.70. The maximum absolute atomic E-state index is 2.70. The molecule has 0 spiro atoms. The molecule has 0 aromatic carbocycles. The van der Waals surface area contributed by atoms with Crippen LogP contribution in [0.3, 0.4) is 0 Å². The smallest absolute Gasteiger partial charge is 0.0980 e. The third-order valence-electron chi connectivity index (χ3n) is 9.56. The zero-order valence-corrected chi connectivity index (χ0v) is 15.6. The van der Waals surface area contributed by atoms with Crippen LogP contribution in [-0.4, -0.2) is 73.8 Å². The number of hydrogen-bond acceptors (Lipinski definition) is 0. The lowest BCUT2D eigenvalue weighted by atomic mass is 8.82. The fourth-order valence-electron chi connectivity index (χ4n) is 9.05. The second kappa shape index (κ2) is 4.95. The predicted molar refractivity (Wildman–Crippen MR) is 122 cm³/mol. The molecule has 4 rings (SSSR count). The minimum absolute atomic E-state index is 0.570. The molecule has 0 heterocycles. The first-order valence-electron chi connectivity index (χ1n) is 10.1. The molecule has 8 atom stereocenters. The lowest BCUT2D eigenvalue weighted by molar-refractivity contribution is 0.178. The van der Waals surface area contributed by atoms with Gasteiger partial charge >= 0.3 is 0 Å². The summed E-state index contributed by atoms with van der Waals surface area (Å²) in [4.78, 5) is 0. The Morgan fingerprint density at radius 3 is 2.05 bits per heavy atom. The van der Waals surface area contributed by atoms with Gasteiger partial charge in [0.25, 0.3) is 0 Å². The van der Waals surface area contributed by atoms with Crippen LogP contribution in [0, 0.1) is 35.5 Å². The maximum atomic E-state index is 2.70. The molecule has 0 nitrogen and oxygen atoms in total. The Kier molecular flexibility index (Phi) is 3.57. The SMILES string of the molecule is BBB(B)C1(B(B)B)C2CC(C3C4C=CC(C4)C32)C1(B)BB. The fraction of sp³-hybridized carbons (Fsp3) is 0.833. The average Bonchev–Trinajstić information content (AvgIpc) is 3.22. The Morgan fingerprint density at radius 2 is 1.55 bits per heavy atom. The molecule has 0 aromatic heterocycles. The zero-order valence-electron chi connectivity index (χ0n) is 15.6. The molecule has 22 heavy (non-hydrogen) atoms. The lowest BCUT2D eigenvalue weighted by Crippen LogP contribution is -2.64. The maximum Gasteiger partial charge on any atom is 0.0980 e. The van der Waals surface area contributed by atoms with Gasteiger partial charge in [0, 0.05) is 7.06 Å². The number of fused-ring (bicyclic) bond motifs is 9. The van der Waals surface area contributed by atoms with Crippen molar-refractivity contribution in [2.75, 3.05) is 0 Å². The van der Waals surface area contributed by atoms with E-state index in [1.54, 1.807) is 6.42 Å². The van der Waals surface area contributed by atoms with Crippen molar-refractivity contribution in [2.45, 2.75) is 23.3 Å². The first-order chi connectivity index (χ1) is 10.4. The monoisotopic (exact) mass is 280 g/mol. The number of allylic oxidation sites excluding steroid dienone is 2. The van der Waals surface area contributed by atoms with Gasteiger partial charge in [-0.3, -0.25) is 0 Å². The highest BCUT2D eigenvalue weighted by atomic mass is 14.7. The van der Waals surface area contributed by atoms with Crippen LogP contribution in [0.2, 0.25) is 10.4 Å². The van der Waals surface area contributed by atoms with E-state index >= 15 is 0 Å². The van der Waals surface area contributed by atoms with Gasteiger partial charge in [-0.2, -0.15) is 0 Å². The molecule has 8 unspecified atom stereocenters. The van der Waals surface area contributed by atoms with Crippen molar-refractivity contribution in [1.29, 1.82) is 0 Å². The Hall–Kier alpha value is 0.389. The number of hydrogen-bond donors (Lipinski definition) is 0. The standard InChI is InChI=1S/C12H26B10/c13-11(19-14)7-4-8(12(11,21(16)17)22(18)20-15)10-6-2-1-5(3-6)9(7)10/h1-2,5-10,19-20H,3-4,13-18H2. The Morgan fingerprint density at radius 1 is 0.955 bits per heavy atom. The summed E-state index contributed by atoms with van der Waals surface area (Å²) in [5.74, 6) is 5.97. The quantitative estimate of drug-likeness (QED) is 0.274. The molecule has 10 heteroatoms. The molecule has 0 radical (unpaired) electrons. The molecule has 0 N–H and O–H groups in total. The summed E-state index contributed by atoms with van der Waals surface area (Å²) in [5, 5.41) is 1.15. The van der Waals surface area contributed by atoms with Gasteiger partial charge in [-0.1, -0.05) is 17.4 Å². The van der Waals surface area contributed by atoms with E-state index in [1.807, 2.05) is 0 Å². The molecule has 0 aliphatic heterocycles. The van der Waals surface area contributed by atoms with E-state index in [-0.39, 0.29) is 0 Å². The topological polar surface area (TPSA) is 0 Å². The van der Waals surface area contributed by atoms with Crippen LogP contribution in [0.25, 0.3) is 0 Å². The Balaban J connectivity index is 1.86. The van der Waals surface area contributed by atoms with Gasteiger partial charge in [0.2, 0.25) is 0 Å². The second-order valence-electron chi connectivity index (χ2n) is 9.72. The minimum atomic E-state index is 0.570. The molecule has 4 aliphatic carbocycles. The summed E-state index contributed by atoms with van der Waals surface area (Å²) in [6, 6.07) is 0. The van der Waals surface area contributed by atoms with Gasteiger partial charge in [0.15, 0.2) is 0 Å². The molecular weight excluding hydrogens is 252 g/mol. The van der Waals surface area contributed by atoms with Crippen molar-refractivity contribution in [3.8, 4) is 0 Å². The molecule has 104 valence electrons. The van der Waals surface area contributed by atoms with Gasteiger partial charge in [0.05, 0.1) is 66.7 Å². The van der Waals surface area contributed by atoms with E-state index in [0.717, 1.165) is 48.5 Å². The highest BCUT2D eigenvalue weighted by Crippen LogP contribution is 2.81. The highest BCUT2D eigenvalue weighted by molar-refractivity contribution is 7.53. The lowest BCUT2D eigenvalue weighted by Gasteiger charge is -2.62. The van der Waals surface area contributed by atoms with E-state index in [0.29, 0.717) is 10.4 Å². The van der Waals surface area contributed by atoms with Crippen molar-refractivity contribution in [3.63, 3.8) is 0 Å². The minimum Gasteiger partial charge on any atom is -0.104 e. The Bertz CT molecular complexity index is 510. The summed E-state index contributed by atoms with van der Waals surface area (Å²) in [5.41, 5.74) is 0. The zero-order chi connectivity index (χ0) is 15.9. The van der Waals surface area contributed by atoms with Crippen LogP contribution in [0.5, 0.6) is 0 Å². The Labute approximate surface area is 144 Å². The number of rotatable bonds is 4. The van der Waals surface area contributed by atoms with E-state index in [1.165, 1.54) is 20.7 Å². The fourth-order valence-corrected chi connectivity index (χ4v) is 9.05. The van der Waals surface area contributed by atoms with Crippen molar-refractivity contribution >= 4 is 73.8 Å². The molecule has 4 aliphatic rings. The predicted octanol–water partition coefficient (Wildman–Crippen LogP) is -5.05. The van der Waals surface area contributed by atoms with Gasteiger partial charge in [-0.05, 0) is 48.3 Å². The van der Waals surface area contributed by atoms with Crippen LogP contribution in [0.1, 0.15) is 12.8 Å². The normalized spacial score (nSPS) is 53.5. The summed E-state index contributed by atoms with van der Waals surface area (Å²) in [7, 11) is 18.1. The van der Waals surface area contributed by atoms with Crippen LogP contribution < -0.4 is 0 Å². The summed E-state index contributed by atoms with van der Waals surface area (Å²) < 4.78 is 0. The van der Waals surface area contributed by atoms with E-state index in [9.17, 15) is 0 Å². The van der Waals surface area contributed by atoms with Crippen molar-refractivity contribution < 1.29 is 0 Å². The van der Waals surface area contributed by atoms with Gasteiger partial charge < -0.3 is 0 Å². The molecule has 3 fully saturated rings. The van der Waals surface area contributed by atoms with E-state index in [4.69, 9.17) is 0 Å². The first kappa shape index (κ1) is 15.9. The third-order valence-corrected chi connectivity index (χ3v) is 9.56. The molecular formula is C12H26B10. The molecule has 3 saturated carbocycles. The van der Waals surface area contributed by atoms with Crippen LogP contribution in [0.4, 0.5) is 0 Å². The van der Waals surface area contributed by atoms with E-state index < -0.39 is 0 Å². The molecule has 0 aromatic rings. The third kappa shape index (κ3) is 1.50. The average molecular weight is 278 g/mol.